The molecule has 39 heavy (non-hydrogen) atoms. The van der Waals surface area contributed by atoms with Gasteiger partial charge in [0.2, 0.25) is 0 Å². The molecule has 0 atom stereocenters. The molecule has 0 saturated heterocycles. The maximum Gasteiger partial charge on any atom is 0.117 e. The molecule has 0 fully saturated rings. The van der Waals surface area contributed by atoms with E-state index in [0.29, 0.717) is 6.61 Å². The second-order valence-corrected chi connectivity index (χ2v) is 12.7. The van der Waals surface area contributed by atoms with Crippen LogP contribution in [-0.2, 0) is 4.18 Å². The molecule has 2 heterocycles. The van der Waals surface area contributed by atoms with Gasteiger partial charge in [-0.15, -0.1) is 11.3 Å². The zero-order valence-corrected chi connectivity index (χ0v) is 25.0. The maximum atomic E-state index is 5.56. The number of allylic oxidation sites excluding steroid dienone is 4. The van der Waals surface area contributed by atoms with Crippen molar-refractivity contribution < 1.29 is 4.18 Å². The average molecular weight is 569 g/mol. The zero-order valence-electron chi connectivity index (χ0n) is 22.6. The van der Waals surface area contributed by atoms with Gasteiger partial charge in [-0.05, 0) is 110 Å². The Hall–Kier alpha value is -2.77. The van der Waals surface area contributed by atoms with E-state index in [1.807, 2.05) is 18.7 Å². The molecule has 2 aliphatic rings. The van der Waals surface area contributed by atoms with Crippen molar-refractivity contribution in [2.75, 3.05) is 18.1 Å². The lowest BCUT2D eigenvalue weighted by Crippen LogP contribution is -2.16. The van der Waals surface area contributed by atoms with Crippen molar-refractivity contribution >= 4 is 57.1 Å². The molecule has 198 valence electrons. The van der Waals surface area contributed by atoms with E-state index in [0.717, 1.165) is 34.8 Å². The van der Waals surface area contributed by atoms with E-state index in [4.69, 9.17) is 9.17 Å². The fourth-order valence-corrected chi connectivity index (χ4v) is 7.99. The van der Waals surface area contributed by atoms with E-state index in [-0.39, 0.29) is 0 Å². The minimum atomic E-state index is 0.705. The van der Waals surface area contributed by atoms with Gasteiger partial charge in [0.05, 0.1) is 27.5 Å². The molecule has 3 aromatic carbocycles. The van der Waals surface area contributed by atoms with Crippen LogP contribution in [0.25, 0.3) is 27.4 Å². The first-order valence-corrected chi connectivity index (χ1v) is 16.0. The van der Waals surface area contributed by atoms with Crippen LogP contribution in [0.15, 0.2) is 104 Å². The Labute approximate surface area is 243 Å². The minimum Gasteiger partial charge on any atom is -0.335 e. The van der Waals surface area contributed by atoms with E-state index in [1.165, 1.54) is 66.6 Å². The smallest absolute Gasteiger partial charge is 0.117 e. The fourth-order valence-electron chi connectivity index (χ4n) is 5.22. The molecule has 1 aromatic heterocycles. The molecule has 1 aliphatic carbocycles. The highest BCUT2D eigenvalue weighted by Crippen LogP contribution is 2.48. The first-order valence-electron chi connectivity index (χ1n) is 13.6. The van der Waals surface area contributed by atoms with Gasteiger partial charge in [-0.25, -0.2) is 4.98 Å². The van der Waals surface area contributed by atoms with Crippen LogP contribution in [0.1, 0.15) is 45.0 Å². The highest BCUT2D eigenvalue weighted by atomic mass is 32.2. The Morgan fingerprint density at radius 2 is 1.85 bits per heavy atom. The van der Waals surface area contributed by atoms with E-state index < -0.39 is 0 Å². The molecule has 0 bridgehead atoms. The van der Waals surface area contributed by atoms with Crippen LogP contribution in [0.2, 0.25) is 0 Å². The van der Waals surface area contributed by atoms with Gasteiger partial charge in [0.25, 0.3) is 0 Å². The summed E-state index contributed by atoms with van der Waals surface area (Å²) in [5.74, 6) is 0. The molecule has 6 rings (SSSR count). The second-order valence-electron chi connectivity index (χ2n) is 9.72. The number of nitrogens with zero attached hydrogens (tertiary/aromatic N) is 2. The predicted octanol–water partition coefficient (Wildman–Crippen LogP) is 10.4. The van der Waals surface area contributed by atoms with E-state index >= 15 is 0 Å². The van der Waals surface area contributed by atoms with Crippen LogP contribution in [-0.4, -0.2) is 18.1 Å². The predicted molar refractivity (Wildman–Crippen MR) is 170 cm³/mol. The summed E-state index contributed by atoms with van der Waals surface area (Å²) in [5, 5.41) is 2.41. The molecule has 6 heteroatoms. The summed E-state index contributed by atoms with van der Waals surface area (Å²) < 4.78 is 6.80. The quantitative estimate of drug-likeness (QED) is 0.207. The van der Waals surface area contributed by atoms with Crippen LogP contribution in [0.4, 0.5) is 5.69 Å². The standard InChI is InChI=1S/C33H32N2OS3/c1-4-35-29-16-15-27(39-36-5-2)21-31(29)38-33(35)20-25-13-9-12-24(22(25)3)19-32-34-28-18-26(14-17-30(28)37-32)23-10-7-6-8-11-23/h6-8,10-11,14-21H,4-5,9,12-13H2,1-3H3/b24-19+,33-20-. The first kappa shape index (κ1) is 26.5. The number of hydrogen-bond acceptors (Lipinski definition) is 6. The Kier molecular flexibility index (Phi) is 7.98. The number of rotatable bonds is 7. The lowest BCUT2D eigenvalue weighted by atomic mass is 9.88. The number of hydrogen-bond donors (Lipinski definition) is 0. The lowest BCUT2D eigenvalue weighted by Gasteiger charge is -2.22. The summed E-state index contributed by atoms with van der Waals surface area (Å²) in [6.07, 6.45) is 8.14. The summed E-state index contributed by atoms with van der Waals surface area (Å²) >= 11 is 5.12. The van der Waals surface area contributed by atoms with Crippen molar-refractivity contribution in [3.05, 3.63) is 99.6 Å². The number of benzene rings is 3. The Bertz CT molecular complexity index is 1600. The fraction of sp³-hybridized carbons (Fsp3) is 0.242. The monoisotopic (exact) mass is 568 g/mol. The normalized spacial score (nSPS) is 17.6. The summed E-state index contributed by atoms with van der Waals surface area (Å²) in [4.78, 5) is 9.92. The third-order valence-electron chi connectivity index (χ3n) is 7.25. The van der Waals surface area contributed by atoms with Crippen molar-refractivity contribution in [1.29, 1.82) is 0 Å². The molecule has 0 amide bonds. The third-order valence-corrected chi connectivity index (χ3v) is 10.1. The van der Waals surface area contributed by atoms with Crippen molar-refractivity contribution in [2.45, 2.75) is 49.8 Å². The van der Waals surface area contributed by atoms with Crippen molar-refractivity contribution in [3.63, 3.8) is 0 Å². The van der Waals surface area contributed by atoms with E-state index in [9.17, 15) is 0 Å². The zero-order chi connectivity index (χ0) is 26.8. The SMILES string of the molecule is CCOSc1ccc2c(c1)S/C(=C\C1=C(C)C(=C/c3nc4cc(-c5ccccc5)ccc4s3)/CCC1)N2CC. The van der Waals surface area contributed by atoms with Gasteiger partial charge in [-0.2, -0.15) is 0 Å². The van der Waals surface area contributed by atoms with Crippen LogP contribution in [0, 0.1) is 0 Å². The maximum absolute atomic E-state index is 5.56. The number of fused-ring (bicyclic) bond motifs is 2. The number of aromatic nitrogens is 1. The van der Waals surface area contributed by atoms with Crippen LogP contribution in [0.3, 0.4) is 0 Å². The Balaban J connectivity index is 1.28. The van der Waals surface area contributed by atoms with Crippen molar-refractivity contribution in [2.24, 2.45) is 0 Å². The Morgan fingerprint density at radius 1 is 0.974 bits per heavy atom. The molecule has 3 nitrogen and oxygen atoms in total. The van der Waals surface area contributed by atoms with Gasteiger partial charge >= 0.3 is 0 Å². The minimum absolute atomic E-state index is 0.705. The van der Waals surface area contributed by atoms with Gasteiger partial charge < -0.3 is 9.08 Å². The van der Waals surface area contributed by atoms with Crippen LogP contribution < -0.4 is 4.90 Å². The van der Waals surface area contributed by atoms with Gasteiger partial charge in [0.15, 0.2) is 0 Å². The molecule has 0 unspecified atom stereocenters. The summed E-state index contributed by atoms with van der Waals surface area (Å²) in [6, 6.07) is 23.8. The number of anilines is 1. The average Bonchev–Trinajstić information content (AvgIpc) is 3.53. The molecular weight excluding hydrogens is 537 g/mol. The second kappa shape index (κ2) is 11.8. The molecule has 1 aliphatic heterocycles. The van der Waals surface area contributed by atoms with Crippen LogP contribution >= 0.6 is 35.1 Å². The van der Waals surface area contributed by atoms with Gasteiger partial charge in [-0.1, -0.05) is 48.2 Å². The highest BCUT2D eigenvalue weighted by molar-refractivity contribution is 8.03. The largest absolute Gasteiger partial charge is 0.335 e. The van der Waals surface area contributed by atoms with Gasteiger partial charge in [0.1, 0.15) is 5.01 Å². The van der Waals surface area contributed by atoms with E-state index in [1.54, 1.807) is 11.3 Å². The first-order chi connectivity index (χ1) is 19.1. The topological polar surface area (TPSA) is 25.4 Å². The van der Waals surface area contributed by atoms with Gasteiger partial charge in [-0.3, -0.25) is 0 Å². The lowest BCUT2D eigenvalue weighted by molar-refractivity contribution is 0.402. The molecule has 0 saturated carbocycles. The van der Waals surface area contributed by atoms with Gasteiger partial charge in [0, 0.05) is 28.4 Å². The number of thioether (sulfide) groups is 1. The number of thiazole rings is 1. The molecular formula is C33H32N2OS3. The third kappa shape index (κ3) is 5.62. The Morgan fingerprint density at radius 3 is 2.67 bits per heavy atom. The van der Waals surface area contributed by atoms with Crippen molar-refractivity contribution in [3.8, 4) is 11.1 Å². The molecule has 4 aromatic rings. The highest BCUT2D eigenvalue weighted by Gasteiger charge is 2.25. The molecule has 0 radical (unpaired) electrons. The molecule has 0 N–H and O–H groups in total. The van der Waals surface area contributed by atoms with Crippen molar-refractivity contribution in [1.82, 2.24) is 4.98 Å². The molecule has 0 spiro atoms. The summed E-state index contributed by atoms with van der Waals surface area (Å²) in [5.41, 5.74) is 9.07. The van der Waals surface area contributed by atoms with E-state index in [2.05, 4.69) is 97.6 Å². The summed E-state index contributed by atoms with van der Waals surface area (Å²) in [6.45, 7) is 8.20. The summed E-state index contributed by atoms with van der Waals surface area (Å²) in [7, 11) is 0. The van der Waals surface area contributed by atoms with Crippen LogP contribution in [0.5, 0.6) is 0 Å².